The van der Waals surface area contributed by atoms with Crippen LogP contribution in [0.15, 0.2) is 60.8 Å². The number of aromatic amines is 1. The Morgan fingerprint density at radius 3 is 2.77 bits per heavy atom. The minimum Gasteiger partial charge on any atom is -0.478 e. The predicted molar refractivity (Wildman–Crippen MR) is 111 cm³/mol. The lowest BCUT2D eigenvalue weighted by molar-refractivity contribution is -0.131. The first-order valence-electron chi connectivity index (χ1n) is 9.28. The standard InChI is InChI=1S/C22H18N4O4/c27-20(4-5-21(28)29)25-15-3-1-2-13(10-15)18-11-14(6-8-23-18)19-12-16-17(26-19)7-9-24-22(16)30/h1-6,8,10-12,26H,7,9H2,(H,24,30)(H,25,27)(H,28,29). The molecule has 30 heavy (non-hydrogen) atoms. The molecule has 0 saturated heterocycles. The average molecular weight is 402 g/mol. The van der Waals surface area contributed by atoms with Gasteiger partial charge < -0.3 is 20.7 Å². The van der Waals surface area contributed by atoms with E-state index in [0.29, 0.717) is 23.5 Å². The van der Waals surface area contributed by atoms with Crippen molar-refractivity contribution in [3.05, 3.63) is 72.1 Å². The molecule has 4 N–H and O–H groups in total. The molecule has 2 aromatic heterocycles. The SMILES string of the molecule is O=C(O)C=CC(=O)Nc1cccc(-c2cc(-c3cc4c([nH]3)CCNC4=O)ccn2)c1. The van der Waals surface area contributed by atoms with E-state index in [9.17, 15) is 14.4 Å². The van der Waals surface area contributed by atoms with E-state index < -0.39 is 11.9 Å². The third kappa shape index (κ3) is 4.12. The van der Waals surface area contributed by atoms with Crippen LogP contribution in [0.4, 0.5) is 5.69 Å². The van der Waals surface area contributed by atoms with Crippen molar-refractivity contribution >= 4 is 23.5 Å². The first-order chi connectivity index (χ1) is 14.5. The Kier molecular flexibility index (Phi) is 5.13. The Labute approximate surface area is 171 Å². The van der Waals surface area contributed by atoms with Gasteiger partial charge in [0.05, 0.1) is 11.3 Å². The van der Waals surface area contributed by atoms with E-state index >= 15 is 0 Å². The van der Waals surface area contributed by atoms with Gasteiger partial charge in [-0.25, -0.2) is 4.79 Å². The van der Waals surface area contributed by atoms with Gasteiger partial charge in [0.25, 0.3) is 5.91 Å². The van der Waals surface area contributed by atoms with E-state index in [1.54, 1.807) is 24.4 Å². The largest absolute Gasteiger partial charge is 0.478 e. The number of carboxylic acids is 1. The quantitative estimate of drug-likeness (QED) is 0.489. The third-order valence-corrected chi connectivity index (χ3v) is 4.68. The van der Waals surface area contributed by atoms with Gasteiger partial charge in [0.15, 0.2) is 0 Å². The van der Waals surface area contributed by atoms with Crippen LogP contribution in [0.25, 0.3) is 22.5 Å². The molecule has 1 aromatic carbocycles. The van der Waals surface area contributed by atoms with Gasteiger partial charge in [0.1, 0.15) is 0 Å². The minimum absolute atomic E-state index is 0.0755. The number of carbonyl (C=O) groups excluding carboxylic acids is 2. The highest BCUT2D eigenvalue weighted by atomic mass is 16.4. The summed E-state index contributed by atoms with van der Waals surface area (Å²) in [6.45, 7) is 0.619. The first kappa shape index (κ1) is 19.1. The van der Waals surface area contributed by atoms with Crippen molar-refractivity contribution in [3.8, 4) is 22.5 Å². The second-order valence-electron chi connectivity index (χ2n) is 6.75. The molecule has 0 unspecified atom stereocenters. The number of pyridine rings is 1. The van der Waals surface area contributed by atoms with E-state index in [1.165, 1.54) is 0 Å². The highest BCUT2D eigenvalue weighted by Gasteiger charge is 2.20. The van der Waals surface area contributed by atoms with Crippen molar-refractivity contribution < 1.29 is 19.5 Å². The van der Waals surface area contributed by atoms with Gasteiger partial charge >= 0.3 is 5.97 Å². The summed E-state index contributed by atoms with van der Waals surface area (Å²) in [6.07, 6.45) is 4.18. The lowest BCUT2D eigenvalue weighted by Gasteiger charge is -2.11. The molecule has 150 valence electrons. The van der Waals surface area contributed by atoms with E-state index in [2.05, 4.69) is 20.6 Å². The predicted octanol–water partition coefficient (Wildman–Crippen LogP) is 2.61. The Bertz CT molecular complexity index is 1180. The fourth-order valence-corrected chi connectivity index (χ4v) is 3.29. The van der Waals surface area contributed by atoms with Crippen molar-refractivity contribution in [1.82, 2.24) is 15.3 Å². The number of nitrogens with zero attached hydrogens (tertiary/aromatic N) is 1. The molecule has 0 fully saturated rings. The number of benzene rings is 1. The molecule has 0 atom stereocenters. The lowest BCUT2D eigenvalue weighted by Crippen LogP contribution is -2.31. The molecule has 1 aliphatic rings. The highest BCUT2D eigenvalue weighted by molar-refractivity contribution is 6.02. The minimum atomic E-state index is -1.19. The molecule has 2 amide bonds. The number of H-pyrrole nitrogens is 1. The molecule has 0 aliphatic carbocycles. The Balaban J connectivity index is 1.59. The van der Waals surface area contributed by atoms with Crippen LogP contribution in [0, 0.1) is 0 Å². The third-order valence-electron chi connectivity index (χ3n) is 4.68. The fourth-order valence-electron chi connectivity index (χ4n) is 3.29. The zero-order valence-corrected chi connectivity index (χ0v) is 15.8. The van der Waals surface area contributed by atoms with Gasteiger partial charge in [0, 0.05) is 59.5 Å². The van der Waals surface area contributed by atoms with Crippen LogP contribution in [0.2, 0.25) is 0 Å². The van der Waals surface area contributed by atoms with Crippen molar-refractivity contribution in [1.29, 1.82) is 0 Å². The molecular formula is C22H18N4O4. The van der Waals surface area contributed by atoms with E-state index in [1.807, 2.05) is 24.3 Å². The van der Waals surface area contributed by atoms with Crippen LogP contribution in [0.3, 0.4) is 0 Å². The van der Waals surface area contributed by atoms with Crippen LogP contribution >= 0.6 is 0 Å². The van der Waals surface area contributed by atoms with Crippen LogP contribution in [-0.4, -0.2) is 39.4 Å². The normalized spacial score (nSPS) is 13.0. The maximum Gasteiger partial charge on any atom is 0.328 e. The van der Waals surface area contributed by atoms with Gasteiger partial charge in [-0.15, -0.1) is 0 Å². The molecule has 0 spiro atoms. The number of aliphatic carboxylic acids is 1. The lowest BCUT2D eigenvalue weighted by atomic mass is 10.1. The topological polar surface area (TPSA) is 124 Å². The van der Waals surface area contributed by atoms with E-state index in [4.69, 9.17) is 5.11 Å². The van der Waals surface area contributed by atoms with Crippen molar-refractivity contribution in [2.75, 3.05) is 11.9 Å². The van der Waals surface area contributed by atoms with Crippen LogP contribution in [0.5, 0.6) is 0 Å². The number of amides is 2. The summed E-state index contributed by atoms with van der Waals surface area (Å²) < 4.78 is 0. The number of nitrogens with one attached hydrogen (secondary N) is 3. The molecule has 1 aliphatic heterocycles. The van der Waals surface area contributed by atoms with Gasteiger partial charge in [-0.3, -0.25) is 14.6 Å². The second kappa shape index (κ2) is 8.04. The van der Waals surface area contributed by atoms with Crippen LogP contribution < -0.4 is 10.6 Å². The van der Waals surface area contributed by atoms with Crippen molar-refractivity contribution in [3.63, 3.8) is 0 Å². The van der Waals surface area contributed by atoms with E-state index in [-0.39, 0.29) is 5.91 Å². The molecular weight excluding hydrogens is 384 g/mol. The van der Waals surface area contributed by atoms with Crippen molar-refractivity contribution in [2.24, 2.45) is 0 Å². The molecule has 3 heterocycles. The van der Waals surface area contributed by atoms with Gasteiger partial charge in [0.2, 0.25) is 5.91 Å². The number of fused-ring (bicyclic) bond motifs is 1. The summed E-state index contributed by atoms with van der Waals surface area (Å²) in [5, 5.41) is 14.1. The molecule has 0 saturated carbocycles. The maximum absolute atomic E-state index is 12.0. The summed E-state index contributed by atoms with van der Waals surface area (Å²) in [4.78, 5) is 42.1. The van der Waals surface area contributed by atoms with Gasteiger partial charge in [-0.1, -0.05) is 12.1 Å². The summed E-state index contributed by atoms with van der Waals surface area (Å²) in [5.74, 6) is -1.80. The van der Waals surface area contributed by atoms with Gasteiger partial charge in [-0.2, -0.15) is 0 Å². The monoisotopic (exact) mass is 402 g/mol. The Morgan fingerprint density at radius 2 is 1.97 bits per heavy atom. The molecule has 8 heteroatoms. The number of rotatable bonds is 5. The van der Waals surface area contributed by atoms with Crippen molar-refractivity contribution in [2.45, 2.75) is 6.42 Å². The van der Waals surface area contributed by atoms with Gasteiger partial charge in [-0.05, 0) is 30.3 Å². The second-order valence-corrected chi connectivity index (χ2v) is 6.75. The summed E-state index contributed by atoms with van der Waals surface area (Å²) >= 11 is 0. The molecule has 4 rings (SSSR count). The number of anilines is 1. The molecule has 8 nitrogen and oxygen atoms in total. The fraction of sp³-hybridized carbons (Fsp3) is 0.0909. The van der Waals surface area contributed by atoms with Crippen LogP contribution in [-0.2, 0) is 16.0 Å². The summed E-state index contributed by atoms with van der Waals surface area (Å²) in [6, 6.07) is 12.7. The van der Waals surface area contributed by atoms with E-state index in [0.717, 1.165) is 41.1 Å². The zero-order valence-electron chi connectivity index (χ0n) is 15.8. The number of carbonyl (C=O) groups is 3. The number of hydrogen-bond donors (Lipinski definition) is 4. The maximum atomic E-state index is 12.0. The molecule has 0 bridgehead atoms. The first-order valence-corrected chi connectivity index (χ1v) is 9.28. The summed E-state index contributed by atoms with van der Waals surface area (Å²) in [7, 11) is 0. The zero-order chi connectivity index (χ0) is 21.1. The Hall–Kier alpha value is -4.20. The number of aromatic nitrogens is 2. The van der Waals surface area contributed by atoms with Crippen LogP contribution in [0.1, 0.15) is 16.1 Å². The smallest absolute Gasteiger partial charge is 0.328 e. The number of carboxylic acid groups (broad SMARTS) is 1. The average Bonchev–Trinajstić information content (AvgIpc) is 3.18. The highest BCUT2D eigenvalue weighted by Crippen LogP contribution is 2.28. The molecule has 3 aromatic rings. The Morgan fingerprint density at radius 1 is 1.10 bits per heavy atom. The summed E-state index contributed by atoms with van der Waals surface area (Å²) in [5.41, 5.74) is 5.31. The molecule has 0 radical (unpaired) electrons. The number of hydrogen-bond acceptors (Lipinski definition) is 4.